The molecule has 0 aliphatic carbocycles. The molecule has 0 fully saturated rings. The van der Waals surface area contributed by atoms with Crippen LogP contribution in [-0.2, 0) is 9.59 Å². The van der Waals surface area contributed by atoms with Crippen LogP contribution in [-0.4, -0.2) is 18.9 Å². The Morgan fingerprint density at radius 1 is 1.35 bits per heavy atom. The number of unbranched alkanes of at least 4 members (excludes halogenated alkanes) is 1. The summed E-state index contributed by atoms with van der Waals surface area (Å²) in [6.45, 7) is 7.70. The molecular weight excluding hydrogens is 216 g/mol. The van der Waals surface area contributed by atoms with Crippen molar-refractivity contribution in [1.82, 2.24) is 5.32 Å². The molecule has 0 aromatic carbocycles. The number of primary amides is 1. The van der Waals surface area contributed by atoms with E-state index in [9.17, 15) is 9.59 Å². The van der Waals surface area contributed by atoms with Gasteiger partial charge in [-0.1, -0.05) is 25.3 Å². The summed E-state index contributed by atoms with van der Waals surface area (Å²) in [7, 11) is 1.58. The molecule has 0 aliphatic heterocycles. The van der Waals surface area contributed by atoms with Gasteiger partial charge in [0.05, 0.1) is 5.92 Å². The molecule has 0 spiro atoms. The van der Waals surface area contributed by atoms with E-state index in [2.05, 4.69) is 11.9 Å². The van der Waals surface area contributed by atoms with Crippen LogP contribution < -0.4 is 11.1 Å². The summed E-state index contributed by atoms with van der Waals surface area (Å²) in [5.41, 5.74) is 6.29. The molecule has 17 heavy (non-hydrogen) atoms. The molecule has 0 heterocycles. The molecule has 0 aromatic rings. The number of rotatable bonds is 8. The Morgan fingerprint density at radius 2 is 1.94 bits per heavy atom. The first-order valence-corrected chi connectivity index (χ1v) is 6.09. The second kappa shape index (κ2) is 7.87. The van der Waals surface area contributed by atoms with E-state index in [1.807, 2.05) is 13.8 Å². The number of hydrogen-bond acceptors (Lipinski definition) is 2. The van der Waals surface area contributed by atoms with Crippen LogP contribution in [0.5, 0.6) is 0 Å². The lowest BCUT2D eigenvalue weighted by atomic mass is 9.82. The van der Waals surface area contributed by atoms with Gasteiger partial charge in [-0.15, -0.1) is 6.58 Å². The summed E-state index contributed by atoms with van der Waals surface area (Å²) < 4.78 is 0. The minimum atomic E-state index is -0.397. The summed E-state index contributed by atoms with van der Waals surface area (Å²) in [4.78, 5) is 23.3. The highest BCUT2D eigenvalue weighted by Gasteiger charge is 2.31. The highest BCUT2D eigenvalue weighted by atomic mass is 16.2. The third-order valence-electron chi connectivity index (χ3n) is 2.87. The van der Waals surface area contributed by atoms with E-state index >= 15 is 0 Å². The van der Waals surface area contributed by atoms with Crippen molar-refractivity contribution in [3.05, 3.63) is 12.2 Å². The number of amides is 2. The first-order chi connectivity index (χ1) is 7.93. The summed E-state index contributed by atoms with van der Waals surface area (Å²) in [6, 6.07) is 0. The molecule has 4 nitrogen and oxygen atoms in total. The number of hydrogen-bond donors (Lipinski definition) is 2. The minimum absolute atomic E-state index is 0.132. The van der Waals surface area contributed by atoms with E-state index in [1.54, 1.807) is 7.05 Å². The third-order valence-corrected chi connectivity index (χ3v) is 2.87. The predicted octanol–water partition coefficient (Wildman–Crippen LogP) is 1.61. The molecule has 0 bridgehead atoms. The molecule has 0 radical (unpaired) electrons. The Kier molecular flexibility index (Phi) is 7.26. The quantitative estimate of drug-likeness (QED) is 0.633. The topological polar surface area (TPSA) is 72.2 Å². The summed E-state index contributed by atoms with van der Waals surface area (Å²) in [6.07, 6.45) is 3.06. The monoisotopic (exact) mass is 240 g/mol. The summed E-state index contributed by atoms with van der Waals surface area (Å²) in [5, 5.41) is 2.59. The predicted molar refractivity (Wildman–Crippen MR) is 69.2 cm³/mol. The van der Waals surface area contributed by atoms with Gasteiger partial charge in [0.2, 0.25) is 11.8 Å². The highest BCUT2D eigenvalue weighted by Crippen LogP contribution is 2.24. The Morgan fingerprint density at radius 3 is 2.29 bits per heavy atom. The fourth-order valence-corrected chi connectivity index (χ4v) is 1.94. The van der Waals surface area contributed by atoms with Crippen molar-refractivity contribution >= 4 is 11.8 Å². The SMILES string of the molecule is C=C(C)CC(C(=O)NC)[C@H](CCCC)C(N)=O. The van der Waals surface area contributed by atoms with Gasteiger partial charge in [0.25, 0.3) is 0 Å². The fourth-order valence-electron chi connectivity index (χ4n) is 1.94. The standard InChI is InChI=1S/C13H24N2O2/c1-5-6-7-10(12(14)16)11(8-9(2)3)13(17)15-4/h10-11H,2,5-8H2,1,3-4H3,(H2,14,16)(H,15,17)/t10-,11?/m0/s1. The maximum atomic E-state index is 11.8. The van der Waals surface area contributed by atoms with Crippen molar-refractivity contribution in [2.24, 2.45) is 17.6 Å². The minimum Gasteiger partial charge on any atom is -0.369 e. The van der Waals surface area contributed by atoms with Crippen molar-refractivity contribution in [1.29, 1.82) is 0 Å². The van der Waals surface area contributed by atoms with Crippen LogP contribution in [0.3, 0.4) is 0 Å². The van der Waals surface area contributed by atoms with E-state index in [-0.39, 0.29) is 11.8 Å². The van der Waals surface area contributed by atoms with Crippen LogP contribution >= 0.6 is 0 Å². The molecule has 0 aromatic heterocycles. The zero-order valence-electron chi connectivity index (χ0n) is 11.1. The van der Waals surface area contributed by atoms with Crippen LogP contribution in [0.4, 0.5) is 0 Å². The smallest absolute Gasteiger partial charge is 0.223 e. The molecule has 0 aliphatic rings. The molecule has 3 N–H and O–H groups in total. The van der Waals surface area contributed by atoms with Crippen LogP contribution in [0.1, 0.15) is 39.5 Å². The van der Waals surface area contributed by atoms with Gasteiger partial charge in [-0.2, -0.15) is 0 Å². The molecule has 0 rings (SSSR count). The van der Waals surface area contributed by atoms with Crippen molar-refractivity contribution in [2.75, 3.05) is 7.05 Å². The van der Waals surface area contributed by atoms with Gasteiger partial charge in [0, 0.05) is 13.0 Å². The molecule has 1 unspecified atom stereocenters. The van der Waals surface area contributed by atoms with Crippen molar-refractivity contribution in [3.8, 4) is 0 Å². The summed E-state index contributed by atoms with van der Waals surface area (Å²) >= 11 is 0. The second-order valence-electron chi connectivity index (χ2n) is 4.53. The number of nitrogens with two attached hydrogens (primary N) is 1. The van der Waals surface area contributed by atoms with Crippen LogP contribution in [0, 0.1) is 11.8 Å². The van der Waals surface area contributed by atoms with Gasteiger partial charge in [0.1, 0.15) is 0 Å². The molecular formula is C13H24N2O2. The zero-order chi connectivity index (χ0) is 13.4. The van der Waals surface area contributed by atoms with Gasteiger partial charge >= 0.3 is 0 Å². The highest BCUT2D eigenvalue weighted by molar-refractivity contribution is 5.86. The number of nitrogens with one attached hydrogen (secondary N) is 1. The van der Waals surface area contributed by atoms with Gasteiger partial charge in [0.15, 0.2) is 0 Å². The number of carbonyl (C=O) groups is 2. The fraction of sp³-hybridized carbons (Fsp3) is 0.692. The normalized spacial score (nSPS) is 13.8. The van der Waals surface area contributed by atoms with E-state index in [0.29, 0.717) is 12.8 Å². The maximum absolute atomic E-state index is 11.8. The second-order valence-corrected chi connectivity index (χ2v) is 4.53. The molecule has 0 saturated heterocycles. The van der Waals surface area contributed by atoms with Crippen molar-refractivity contribution in [3.63, 3.8) is 0 Å². The van der Waals surface area contributed by atoms with Crippen molar-refractivity contribution < 1.29 is 9.59 Å². The van der Waals surface area contributed by atoms with E-state index in [0.717, 1.165) is 18.4 Å². The van der Waals surface area contributed by atoms with Crippen LogP contribution in [0.2, 0.25) is 0 Å². The Balaban J connectivity index is 4.85. The largest absolute Gasteiger partial charge is 0.369 e. The lowest BCUT2D eigenvalue weighted by Crippen LogP contribution is -2.39. The Labute approximate surface area is 104 Å². The average Bonchev–Trinajstić information content (AvgIpc) is 2.26. The molecule has 2 amide bonds. The lowest BCUT2D eigenvalue weighted by Gasteiger charge is -2.23. The van der Waals surface area contributed by atoms with Crippen LogP contribution in [0.25, 0.3) is 0 Å². The number of allylic oxidation sites excluding steroid dienone is 1. The van der Waals surface area contributed by atoms with Gasteiger partial charge in [-0.3, -0.25) is 9.59 Å². The Bertz CT molecular complexity index is 287. The molecule has 2 atom stereocenters. The van der Waals surface area contributed by atoms with Gasteiger partial charge in [-0.25, -0.2) is 0 Å². The van der Waals surface area contributed by atoms with E-state index in [1.165, 1.54) is 0 Å². The van der Waals surface area contributed by atoms with E-state index < -0.39 is 11.8 Å². The third kappa shape index (κ3) is 5.52. The molecule has 4 heteroatoms. The molecule has 98 valence electrons. The maximum Gasteiger partial charge on any atom is 0.223 e. The molecule has 0 saturated carbocycles. The zero-order valence-corrected chi connectivity index (χ0v) is 11.1. The number of carbonyl (C=O) groups excluding carboxylic acids is 2. The summed E-state index contributed by atoms with van der Waals surface area (Å²) in [5.74, 6) is -1.31. The lowest BCUT2D eigenvalue weighted by molar-refractivity contribution is -0.133. The van der Waals surface area contributed by atoms with E-state index in [4.69, 9.17) is 5.73 Å². The van der Waals surface area contributed by atoms with Crippen molar-refractivity contribution in [2.45, 2.75) is 39.5 Å². The van der Waals surface area contributed by atoms with Gasteiger partial charge < -0.3 is 11.1 Å². The van der Waals surface area contributed by atoms with Gasteiger partial charge in [-0.05, 0) is 19.8 Å². The first kappa shape index (κ1) is 15.7. The van der Waals surface area contributed by atoms with Crippen LogP contribution in [0.15, 0.2) is 12.2 Å². The Hall–Kier alpha value is -1.32. The average molecular weight is 240 g/mol. The first-order valence-electron chi connectivity index (χ1n) is 6.09.